The van der Waals surface area contributed by atoms with Gasteiger partial charge in [0.25, 0.3) is 0 Å². The molecular formula is C6H3IN2S. The first kappa shape index (κ1) is 6.48. The van der Waals surface area contributed by atoms with E-state index in [1.807, 2.05) is 12.1 Å². The van der Waals surface area contributed by atoms with Gasteiger partial charge in [-0.2, -0.15) is 0 Å². The van der Waals surface area contributed by atoms with E-state index >= 15 is 0 Å². The third kappa shape index (κ3) is 1.01. The van der Waals surface area contributed by atoms with Gasteiger partial charge in [0.2, 0.25) is 0 Å². The smallest absolute Gasteiger partial charge is 0.106 e. The van der Waals surface area contributed by atoms with Crippen molar-refractivity contribution in [2.45, 2.75) is 0 Å². The highest BCUT2D eigenvalue weighted by atomic mass is 127. The van der Waals surface area contributed by atoms with E-state index in [1.165, 1.54) is 15.1 Å². The second kappa shape index (κ2) is 2.43. The van der Waals surface area contributed by atoms with Gasteiger partial charge in [-0.3, -0.25) is 0 Å². The van der Waals surface area contributed by atoms with Gasteiger partial charge in [-0.1, -0.05) is 4.49 Å². The Hall–Kier alpha value is -0.230. The van der Waals surface area contributed by atoms with Crippen LogP contribution in [0.2, 0.25) is 0 Å². The number of hydrogen-bond donors (Lipinski definition) is 0. The highest BCUT2D eigenvalue weighted by Crippen LogP contribution is 2.17. The molecule has 0 radical (unpaired) electrons. The number of halogens is 1. The molecule has 1 heterocycles. The molecule has 2 aromatic rings. The second-order valence-electron chi connectivity index (χ2n) is 1.88. The number of aromatic nitrogens is 2. The average Bonchev–Trinajstić information content (AvgIpc) is 2.33. The van der Waals surface area contributed by atoms with Crippen LogP contribution >= 0.6 is 34.1 Å². The van der Waals surface area contributed by atoms with E-state index in [2.05, 4.69) is 38.2 Å². The molecule has 0 bridgehead atoms. The van der Waals surface area contributed by atoms with Gasteiger partial charge in [0.05, 0.1) is 4.70 Å². The molecule has 0 spiro atoms. The number of rotatable bonds is 0. The van der Waals surface area contributed by atoms with E-state index in [1.54, 1.807) is 0 Å². The Morgan fingerprint density at radius 2 is 2.30 bits per heavy atom. The van der Waals surface area contributed by atoms with E-state index < -0.39 is 0 Å². The summed E-state index contributed by atoms with van der Waals surface area (Å²) in [6.07, 6.45) is 0. The summed E-state index contributed by atoms with van der Waals surface area (Å²) in [5.74, 6) is 0. The molecule has 2 rings (SSSR count). The van der Waals surface area contributed by atoms with Crippen molar-refractivity contribution in [2.24, 2.45) is 0 Å². The maximum atomic E-state index is 3.92. The summed E-state index contributed by atoms with van der Waals surface area (Å²) in [4.78, 5) is 0. The molecule has 0 saturated heterocycles. The molecule has 0 aliphatic carbocycles. The van der Waals surface area contributed by atoms with Crippen LogP contribution in [-0.4, -0.2) is 9.59 Å². The van der Waals surface area contributed by atoms with Crippen LogP contribution < -0.4 is 0 Å². The topological polar surface area (TPSA) is 25.8 Å². The van der Waals surface area contributed by atoms with Crippen molar-refractivity contribution in [2.75, 3.05) is 0 Å². The Labute approximate surface area is 75.6 Å². The molecule has 0 unspecified atom stereocenters. The Kier molecular flexibility index (Phi) is 1.57. The van der Waals surface area contributed by atoms with Crippen LogP contribution in [0.1, 0.15) is 0 Å². The maximum Gasteiger partial charge on any atom is 0.106 e. The summed E-state index contributed by atoms with van der Waals surface area (Å²) in [6, 6.07) is 6.10. The lowest BCUT2D eigenvalue weighted by atomic mass is 10.3. The summed E-state index contributed by atoms with van der Waals surface area (Å²) < 4.78 is 6.22. The SMILES string of the molecule is Ic1ccc2nnsc2c1. The maximum absolute atomic E-state index is 3.92. The fourth-order valence-electron chi connectivity index (χ4n) is 0.752. The molecule has 4 heteroatoms. The predicted octanol–water partition coefficient (Wildman–Crippen LogP) is 2.30. The third-order valence-electron chi connectivity index (χ3n) is 1.21. The number of nitrogens with zero attached hydrogens (tertiary/aromatic N) is 2. The number of benzene rings is 1. The van der Waals surface area contributed by atoms with Crippen LogP contribution in [0.3, 0.4) is 0 Å². The predicted molar refractivity (Wildman–Crippen MR) is 50.1 cm³/mol. The monoisotopic (exact) mass is 262 g/mol. The van der Waals surface area contributed by atoms with E-state index in [4.69, 9.17) is 0 Å². The Morgan fingerprint density at radius 3 is 3.20 bits per heavy atom. The standard InChI is InChI=1S/C6H3IN2S/c7-4-1-2-5-6(3-4)10-9-8-5/h1-3H. The van der Waals surface area contributed by atoms with Gasteiger partial charge in [-0.15, -0.1) is 5.10 Å². The Bertz CT molecular complexity index is 357. The summed E-state index contributed by atoms with van der Waals surface area (Å²) in [5.41, 5.74) is 0.991. The fourth-order valence-corrected chi connectivity index (χ4v) is 2.05. The molecule has 0 fully saturated rings. The summed E-state index contributed by atoms with van der Waals surface area (Å²) >= 11 is 3.71. The molecule has 0 amide bonds. The van der Waals surface area contributed by atoms with E-state index in [9.17, 15) is 0 Å². The van der Waals surface area contributed by atoms with Crippen LogP contribution in [0, 0.1) is 3.57 Å². The Morgan fingerprint density at radius 1 is 1.40 bits per heavy atom. The van der Waals surface area contributed by atoms with Crippen LogP contribution in [0.15, 0.2) is 18.2 Å². The van der Waals surface area contributed by atoms with Crippen molar-refractivity contribution in [1.82, 2.24) is 9.59 Å². The molecule has 50 valence electrons. The van der Waals surface area contributed by atoms with Crippen molar-refractivity contribution < 1.29 is 0 Å². The zero-order chi connectivity index (χ0) is 6.97. The molecule has 0 saturated carbocycles. The first-order chi connectivity index (χ1) is 4.86. The van der Waals surface area contributed by atoms with Crippen molar-refractivity contribution in [3.8, 4) is 0 Å². The lowest BCUT2D eigenvalue weighted by Gasteiger charge is -1.85. The minimum absolute atomic E-state index is 0.991. The van der Waals surface area contributed by atoms with Gasteiger partial charge in [-0.25, -0.2) is 0 Å². The minimum Gasteiger partial charge on any atom is -0.138 e. The van der Waals surface area contributed by atoms with Crippen molar-refractivity contribution in [3.63, 3.8) is 0 Å². The highest BCUT2D eigenvalue weighted by Gasteiger charge is 1.95. The fraction of sp³-hybridized carbons (Fsp3) is 0. The van der Waals surface area contributed by atoms with E-state index in [0.29, 0.717) is 0 Å². The molecule has 0 aliphatic heterocycles. The van der Waals surface area contributed by atoms with Crippen molar-refractivity contribution in [1.29, 1.82) is 0 Å². The van der Waals surface area contributed by atoms with Crippen LogP contribution in [0.5, 0.6) is 0 Å². The molecule has 1 aromatic heterocycles. The zero-order valence-corrected chi connectivity index (χ0v) is 7.89. The molecule has 0 atom stereocenters. The molecule has 10 heavy (non-hydrogen) atoms. The lowest BCUT2D eigenvalue weighted by Crippen LogP contribution is -1.69. The largest absolute Gasteiger partial charge is 0.138 e. The molecule has 0 N–H and O–H groups in total. The van der Waals surface area contributed by atoms with Gasteiger partial charge in [0, 0.05) is 3.57 Å². The molecule has 2 nitrogen and oxygen atoms in total. The summed E-state index contributed by atoms with van der Waals surface area (Å²) in [6.45, 7) is 0. The average molecular weight is 262 g/mol. The van der Waals surface area contributed by atoms with Crippen molar-refractivity contribution in [3.05, 3.63) is 21.8 Å². The quantitative estimate of drug-likeness (QED) is 0.681. The third-order valence-corrected chi connectivity index (χ3v) is 2.57. The summed E-state index contributed by atoms with van der Waals surface area (Å²) in [5, 5.41) is 3.92. The van der Waals surface area contributed by atoms with Crippen LogP contribution in [-0.2, 0) is 0 Å². The lowest BCUT2D eigenvalue weighted by molar-refractivity contribution is 1.20. The molecule has 0 aliphatic rings. The molecular weight excluding hydrogens is 259 g/mol. The molecule has 1 aromatic carbocycles. The normalized spacial score (nSPS) is 10.5. The van der Waals surface area contributed by atoms with Gasteiger partial charge >= 0.3 is 0 Å². The van der Waals surface area contributed by atoms with Gasteiger partial charge in [0.15, 0.2) is 0 Å². The van der Waals surface area contributed by atoms with Crippen LogP contribution in [0.25, 0.3) is 10.2 Å². The first-order valence-corrected chi connectivity index (χ1v) is 4.59. The first-order valence-electron chi connectivity index (χ1n) is 2.74. The van der Waals surface area contributed by atoms with Crippen molar-refractivity contribution >= 4 is 44.3 Å². The van der Waals surface area contributed by atoms with Gasteiger partial charge in [-0.05, 0) is 52.3 Å². The van der Waals surface area contributed by atoms with Crippen LogP contribution in [0.4, 0.5) is 0 Å². The Balaban J connectivity index is 2.86. The zero-order valence-electron chi connectivity index (χ0n) is 4.91. The van der Waals surface area contributed by atoms with E-state index in [-0.39, 0.29) is 0 Å². The van der Waals surface area contributed by atoms with Gasteiger partial charge < -0.3 is 0 Å². The highest BCUT2D eigenvalue weighted by molar-refractivity contribution is 14.1. The van der Waals surface area contributed by atoms with Gasteiger partial charge in [0.1, 0.15) is 5.52 Å². The second-order valence-corrected chi connectivity index (χ2v) is 3.92. The number of hydrogen-bond acceptors (Lipinski definition) is 3. The van der Waals surface area contributed by atoms with E-state index in [0.717, 1.165) is 10.2 Å². The number of fused-ring (bicyclic) bond motifs is 1. The summed E-state index contributed by atoms with van der Waals surface area (Å²) in [7, 11) is 0. The minimum atomic E-state index is 0.991.